The molecule has 0 fully saturated rings. The smallest absolute Gasteiger partial charge is 0.186 e. The standard InChI is InChI=1S/C15H14N4S/c1-17-15(20)19-18-14-12-5-3-2-4-10(12)11-7-6-9(16)8-13(11)14/h2-8H,16H2,1H3,(H2,17,19,20)/b18-14+. The molecule has 0 spiro atoms. The van der Waals surface area contributed by atoms with Crippen LogP contribution in [-0.4, -0.2) is 17.9 Å². The molecule has 2 aromatic carbocycles. The second-order valence-corrected chi connectivity index (χ2v) is 4.91. The van der Waals surface area contributed by atoms with E-state index in [0.29, 0.717) is 5.11 Å². The fraction of sp³-hybridized carbons (Fsp3) is 0.0667. The van der Waals surface area contributed by atoms with Crippen LogP contribution in [0.15, 0.2) is 47.6 Å². The van der Waals surface area contributed by atoms with Gasteiger partial charge in [0.15, 0.2) is 5.11 Å². The van der Waals surface area contributed by atoms with Crippen LogP contribution < -0.4 is 16.5 Å². The molecule has 0 heterocycles. The van der Waals surface area contributed by atoms with Gasteiger partial charge >= 0.3 is 0 Å². The Hall–Kier alpha value is -2.40. The number of anilines is 1. The molecule has 0 saturated carbocycles. The van der Waals surface area contributed by atoms with Crippen molar-refractivity contribution in [3.8, 4) is 11.1 Å². The van der Waals surface area contributed by atoms with E-state index in [9.17, 15) is 0 Å². The van der Waals surface area contributed by atoms with Crippen molar-refractivity contribution < 1.29 is 0 Å². The Morgan fingerprint density at radius 2 is 1.75 bits per heavy atom. The maximum Gasteiger partial charge on any atom is 0.186 e. The van der Waals surface area contributed by atoms with E-state index in [1.807, 2.05) is 30.3 Å². The summed E-state index contributed by atoms with van der Waals surface area (Å²) in [4.78, 5) is 0. The number of nitrogens with one attached hydrogen (secondary N) is 2. The monoisotopic (exact) mass is 282 g/mol. The Balaban J connectivity index is 2.15. The van der Waals surface area contributed by atoms with Gasteiger partial charge < -0.3 is 11.1 Å². The van der Waals surface area contributed by atoms with Gasteiger partial charge in [0, 0.05) is 23.9 Å². The van der Waals surface area contributed by atoms with Crippen LogP contribution in [0.5, 0.6) is 0 Å². The number of thiocarbonyl (C=S) groups is 1. The van der Waals surface area contributed by atoms with Gasteiger partial charge in [0.05, 0.1) is 5.71 Å². The Morgan fingerprint density at radius 1 is 1.05 bits per heavy atom. The normalized spacial score (nSPS) is 13.8. The van der Waals surface area contributed by atoms with E-state index in [-0.39, 0.29) is 0 Å². The van der Waals surface area contributed by atoms with Crippen LogP contribution in [0, 0.1) is 0 Å². The molecule has 0 bridgehead atoms. The quantitative estimate of drug-likeness (QED) is 0.363. The second-order valence-electron chi connectivity index (χ2n) is 4.50. The largest absolute Gasteiger partial charge is 0.399 e. The van der Waals surface area contributed by atoms with Crippen LogP contribution in [0.4, 0.5) is 5.69 Å². The predicted molar refractivity (Wildman–Crippen MR) is 86.7 cm³/mol. The zero-order valence-corrected chi connectivity index (χ0v) is 11.8. The number of rotatable bonds is 1. The first-order chi connectivity index (χ1) is 9.70. The van der Waals surface area contributed by atoms with E-state index in [1.165, 1.54) is 5.56 Å². The molecule has 0 aliphatic heterocycles. The van der Waals surface area contributed by atoms with E-state index in [2.05, 4.69) is 28.0 Å². The lowest BCUT2D eigenvalue weighted by Gasteiger charge is -2.05. The maximum absolute atomic E-state index is 5.90. The number of hydrogen-bond acceptors (Lipinski definition) is 3. The number of hydrazone groups is 1. The van der Waals surface area contributed by atoms with Crippen molar-refractivity contribution in [3.63, 3.8) is 0 Å². The lowest BCUT2D eigenvalue weighted by molar-refractivity contribution is 0.977. The van der Waals surface area contributed by atoms with Crippen LogP contribution >= 0.6 is 12.2 Å². The van der Waals surface area contributed by atoms with Gasteiger partial charge in [-0.05, 0) is 35.5 Å². The molecular weight excluding hydrogens is 268 g/mol. The maximum atomic E-state index is 5.90. The highest BCUT2D eigenvalue weighted by Crippen LogP contribution is 2.37. The zero-order chi connectivity index (χ0) is 14.1. The van der Waals surface area contributed by atoms with E-state index < -0.39 is 0 Å². The third kappa shape index (κ3) is 2.02. The van der Waals surface area contributed by atoms with Crippen molar-refractivity contribution in [2.45, 2.75) is 0 Å². The summed E-state index contributed by atoms with van der Waals surface area (Å²) in [5, 5.41) is 7.74. The zero-order valence-electron chi connectivity index (χ0n) is 11.0. The molecule has 0 atom stereocenters. The van der Waals surface area contributed by atoms with Crippen LogP contribution in [0.3, 0.4) is 0 Å². The van der Waals surface area contributed by atoms with Crippen molar-refractivity contribution in [2.24, 2.45) is 5.10 Å². The van der Waals surface area contributed by atoms with Gasteiger partial charge in [0.2, 0.25) is 0 Å². The predicted octanol–water partition coefficient (Wildman–Crippen LogP) is 2.10. The summed E-state index contributed by atoms with van der Waals surface area (Å²) in [6, 6.07) is 14.0. The first kappa shape index (κ1) is 12.6. The molecule has 2 aromatic rings. The molecule has 5 heteroatoms. The molecule has 1 aliphatic rings. The lowest BCUT2D eigenvalue weighted by Crippen LogP contribution is -2.29. The number of fused-ring (bicyclic) bond motifs is 3. The molecule has 0 amide bonds. The van der Waals surface area contributed by atoms with Crippen LogP contribution in [0.1, 0.15) is 11.1 Å². The number of benzene rings is 2. The van der Waals surface area contributed by atoms with E-state index >= 15 is 0 Å². The highest BCUT2D eigenvalue weighted by Gasteiger charge is 2.24. The van der Waals surface area contributed by atoms with E-state index in [4.69, 9.17) is 18.0 Å². The minimum atomic E-state index is 0.479. The number of hydrogen-bond donors (Lipinski definition) is 3. The summed E-state index contributed by atoms with van der Waals surface area (Å²) < 4.78 is 0. The first-order valence-electron chi connectivity index (χ1n) is 6.26. The number of nitrogens with zero attached hydrogens (tertiary/aromatic N) is 1. The summed E-state index contributed by atoms with van der Waals surface area (Å²) in [6.07, 6.45) is 0. The molecule has 0 aromatic heterocycles. The fourth-order valence-electron chi connectivity index (χ4n) is 2.35. The highest BCUT2D eigenvalue weighted by molar-refractivity contribution is 7.80. The van der Waals surface area contributed by atoms with Crippen molar-refractivity contribution in [3.05, 3.63) is 53.6 Å². The highest BCUT2D eigenvalue weighted by atomic mass is 32.1. The van der Waals surface area contributed by atoms with E-state index in [0.717, 1.165) is 28.1 Å². The summed E-state index contributed by atoms with van der Waals surface area (Å²) in [7, 11) is 1.75. The van der Waals surface area contributed by atoms with Crippen molar-refractivity contribution in [1.82, 2.24) is 10.7 Å². The average molecular weight is 282 g/mol. The molecule has 20 heavy (non-hydrogen) atoms. The SMILES string of the molecule is CNC(=S)N/N=C1\c2ccccc2-c2ccc(N)cc21. The molecule has 100 valence electrons. The van der Waals surface area contributed by atoms with E-state index in [1.54, 1.807) is 7.05 Å². The number of nitrogen functional groups attached to an aromatic ring is 1. The molecular formula is C15H14N4S. The van der Waals surface area contributed by atoms with Gasteiger partial charge in [-0.3, -0.25) is 5.43 Å². The number of nitrogens with two attached hydrogens (primary N) is 1. The third-order valence-electron chi connectivity index (χ3n) is 3.27. The molecule has 4 N–H and O–H groups in total. The minimum Gasteiger partial charge on any atom is -0.399 e. The third-order valence-corrected chi connectivity index (χ3v) is 3.56. The lowest BCUT2D eigenvalue weighted by atomic mass is 10.1. The van der Waals surface area contributed by atoms with Gasteiger partial charge in [0.25, 0.3) is 0 Å². The Morgan fingerprint density at radius 3 is 2.50 bits per heavy atom. The average Bonchev–Trinajstić information content (AvgIpc) is 2.78. The van der Waals surface area contributed by atoms with Gasteiger partial charge in [-0.1, -0.05) is 30.3 Å². The van der Waals surface area contributed by atoms with Crippen molar-refractivity contribution in [1.29, 1.82) is 0 Å². The molecule has 4 nitrogen and oxygen atoms in total. The Bertz CT molecular complexity index is 722. The van der Waals surface area contributed by atoms with Crippen molar-refractivity contribution in [2.75, 3.05) is 12.8 Å². The second kappa shape index (κ2) is 4.94. The van der Waals surface area contributed by atoms with Crippen LogP contribution in [0.25, 0.3) is 11.1 Å². The minimum absolute atomic E-state index is 0.479. The molecule has 0 unspecified atom stereocenters. The van der Waals surface area contributed by atoms with Crippen LogP contribution in [0.2, 0.25) is 0 Å². The van der Waals surface area contributed by atoms with Gasteiger partial charge in [-0.25, -0.2) is 0 Å². The Labute approximate surface area is 122 Å². The van der Waals surface area contributed by atoms with Crippen molar-refractivity contribution >= 4 is 28.7 Å². The summed E-state index contributed by atoms with van der Waals surface area (Å²) in [5.41, 5.74) is 14.7. The summed E-state index contributed by atoms with van der Waals surface area (Å²) in [5.74, 6) is 0. The van der Waals surface area contributed by atoms with Gasteiger partial charge in [0.1, 0.15) is 0 Å². The summed E-state index contributed by atoms with van der Waals surface area (Å²) in [6.45, 7) is 0. The molecule has 0 saturated heterocycles. The molecule has 0 radical (unpaired) electrons. The van der Waals surface area contributed by atoms with Gasteiger partial charge in [-0.2, -0.15) is 5.10 Å². The summed E-state index contributed by atoms with van der Waals surface area (Å²) >= 11 is 5.06. The Kier molecular flexibility index (Phi) is 3.12. The molecule has 1 aliphatic carbocycles. The topological polar surface area (TPSA) is 62.4 Å². The van der Waals surface area contributed by atoms with Gasteiger partial charge in [-0.15, -0.1) is 0 Å². The van der Waals surface area contributed by atoms with Crippen LogP contribution in [-0.2, 0) is 0 Å². The molecule has 3 rings (SSSR count). The fourth-order valence-corrected chi connectivity index (χ4v) is 2.39. The first-order valence-corrected chi connectivity index (χ1v) is 6.66.